The minimum absolute atomic E-state index is 0.0564. The van der Waals surface area contributed by atoms with Crippen molar-refractivity contribution in [3.05, 3.63) is 72.1 Å². The van der Waals surface area contributed by atoms with Crippen LogP contribution in [0.2, 0.25) is 0 Å². The van der Waals surface area contributed by atoms with E-state index in [-0.39, 0.29) is 17.0 Å². The van der Waals surface area contributed by atoms with E-state index < -0.39 is 10.0 Å². The molecule has 0 unspecified atom stereocenters. The Hall–Kier alpha value is -3.28. The Morgan fingerprint density at radius 3 is 2.59 bits per heavy atom. The SMILES string of the molecule is COc1cc(CNS(=O)(=O)c2ccccc2C#N)nc(-c2ccccn2)c1. The number of ether oxygens (including phenoxy) is 1. The van der Waals surface area contributed by atoms with E-state index in [1.54, 1.807) is 42.6 Å². The van der Waals surface area contributed by atoms with Gasteiger partial charge < -0.3 is 4.74 Å². The number of sulfonamides is 1. The van der Waals surface area contributed by atoms with Gasteiger partial charge in [-0.05, 0) is 24.3 Å². The minimum atomic E-state index is -3.87. The lowest BCUT2D eigenvalue weighted by atomic mass is 10.2. The van der Waals surface area contributed by atoms with Gasteiger partial charge in [0.1, 0.15) is 11.8 Å². The minimum Gasteiger partial charge on any atom is -0.497 e. The molecule has 0 bridgehead atoms. The number of pyridine rings is 2. The van der Waals surface area contributed by atoms with Crippen molar-refractivity contribution in [2.75, 3.05) is 7.11 Å². The van der Waals surface area contributed by atoms with E-state index in [1.165, 1.54) is 19.2 Å². The number of aromatic nitrogens is 2. The van der Waals surface area contributed by atoms with Gasteiger partial charge in [-0.3, -0.25) is 4.98 Å². The lowest BCUT2D eigenvalue weighted by Gasteiger charge is -2.10. The first-order valence-electron chi connectivity index (χ1n) is 7.98. The largest absolute Gasteiger partial charge is 0.497 e. The molecular formula is C19H16N4O3S. The van der Waals surface area contributed by atoms with Crippen LogP contribution in [-0.4, -0.2) is 25.5 Å². The number of nitrogens with one attached hydrogen (secondary N) is 1. The van der Waals surface area contributed by atoms with Gasteiger partial charge in [-0.2, -0.15) is 5.26 Å². The molecule has 0 atom stereocenters. The van der Waals surface area contributed by atoms with Crippen LogP contribution in [0.25, 0.3) is 11.4 Å². The predicted octanol–water partition coefficient (Wildman–Crippen LogP) is 2.50. The lowest BCUT2D eigenvalue weighted by molar-refractivity contribution is 0.413. The van der Waals surface area contributed by atoms with E-state index in [2.05, 4.69) is 14.7 Å². The normalized spacial score (nSPS) is 11.0. The molecule has 2 heterocycles. The second kappa shape index (κ2) is 7.95. The summed E-state index contributed by atoms with van der Waals surface area (Å²) in [5.74, 6) is 0.539. The zero-order valence-corrected chi connectivity index (χ0v) is 15.3. The maximum absolute atomic E-state index is 12.6. The summed E-state index contributed by atoms with van der Waals surface area (Å²) in [5, 5.41) is 9.12. The van der Waals surface area contributed by atoms with Gasteiger partial charge in [0, 0.05) is 18.3 Å². The summed E-state index contributed by atoms with van der Waals surface area (Å²) in [4.78, 5) is 8.64. The number of methoxy groups -OCH3 is 1. The first kappa shape index (κ1) is 18.5. The van der Waals surface area contributed by atoms with Crippen LogP contribution >= 0.6 is 0 Å². The molecule has 0 fully saturated rings. The second-order valence-electron chi connectivity index (χ2n) is 5.53. The molecule has 7 nitrogen and oxygen atoms in total. The number of nitrogens with zero attached hydrogens (tertiary/aromatic N) is 3. The molecule has 3 aromatic rings. The van der Waals surface area contributed by atoms with Crippen LogP contribution in [0.5, 0.6) is 5.75 Å². The Kier molecular flexibility index (Phi) is 5.45. The Balaban J connectivity index is 1.89. The van der Waals surface area contributed by atoms with Crippen LogP contribution in [0, 0.1) is 11.3 Å². The summed E-state index contributed by atoms with van der Waals surface area (Å²) >= 11 is 0. The third kappa shape index (κ3) is 4.28. The van der Waals surface area contributed by atoms with Crippen LogP contribution in [0.3, 0.4) is 0 Å². The van der Waals surface area contributed by atoms with Gasteiger partial charge in [-0.15, -0.1) is 0 Å². The average molecular weight is 380 g/mol. The zero-order chi connectivity index (χ0) is 19.3. The smallest absolute Gasteiger partial charge is 0.242 e. The summed E-state index contributed by atoms with van der Waals surface area (Å²) in [6, 6.07) is 16.7. The van der Waals surface area contributed by atoms with Crippen LogP contribution in [0.1, 0.15) is 11.3 Å². The highest BCUT2D eigenvalue weighted by molar-refractivity contribution is 7.89. The first-order valence-corrected chi connectivity index (χ1v) is 9.47. The number of rotatable bonds is 6. The van der Waals surface area contributed by atoms with E-state index in [0.717, 1.165) is 0 Å². The summed E-state index contributed by atoms with van der Waals surface area (Å²) in [5.41, 5.74) is 1.77. The standard InChI is InChI=1S/C19H16N4O3S/c1-26-16-10-15(23-18(11-16)17-7-4-5-9-21-17)13-22-27(24,25)19-8-3-2-6-14(19)12-20/h2-11,22H,13H2,1H3. The number of hydrogen-bond donors (Lipinski definition) is 1. The fourth-order valence-electron chi connectivity index (χ4n) is 2.45. The van der Waals surface area contributed by atoms with E-state index in [4.69, 9.17) is 10.00 Å². The highest BCUT2D eigenvalue weighted by atomic mass is 32.2. The van der Waals surface area contributed by atoms with E-state index >= 15 is 0 Å². The van der Waals surface area contributed by atoms with Crippen LogP contribution in [0.4, 0.5) is 0 Å². The fourth-order valence-corrected chi connectivity index (χ4v) is 3.61. The molecule has 0 saturated heterocycles. The molecule has 8 heteroatoms. The quantitative estimate of drug-likeness (QED) is 0.704. The van der Waals surface area contributed by atoms with E-state index in [1.807, 2.05) is 12.1 Å². The Bertz CT molecular complexity index is 1090. The van der Waals surface area contributed by atoms with Gasteiger partial charge in [-0.25, -0.2) is 18.1 Å². The van der Waals surface area contributed by atoms with Crippen molar-refractivity contribution in [2.45, 2.75) is 11.4 Å². The van der Waals surface area contributed by atoms with E-state index in [9.17, 15) is 8.42 Å². The molecule has 3 rings (SSSR count). The van der Waals surface area contributed by atoms with Gasteiger partial charge in [0.15, 0.2) is 0 Å². The maximum atomic E-state index is 12.6. The third-order valence-electron chi connectivity index (χ3n) is 3.76. The predicted molar refractivity (Wildman–Crippen MR) is 99.2 cm³/mol. The molecule has 0 aliphatic carbocycles. The zero-order valence-electron chi connectivity index (χ0n) is 14.5. The molecule has 0 aliphatic heterocycles. The molecule has 27 heavy (non-hydrogen) atoms. The highest BCUT2D eigenvalue weighted by Crippen LogP contribution is 2.22. The Labute approximate surface area is 157 Å². The molecule has 2 aromatic heterocycles. The van der Waals surface area contributed by atoms with Gasteiger partial charge in [0.05, 0.1) is 41.2 Å². The number of hydrogen-bond acceptors (Lipinski definition) is 6. The highest BCUT2D eigenvalue weighted by Gasteiger charge is 2.18. The molecule has 0 amide bonds. The maximum Gasteiger partial charge on any atom is 0.242 e. The van der Waals surface area contributed by atoms with Crippen molar-refractivity contribution >= 4 is 10.0 Å². The first-order chi connectivity index (χ1) is 13.0. The summed E-state index contributed by atoms with van der Waals surface area (Å²) in [6.45, 7) is -0.0564. The average Bonchev–Trinajstić information content (AvgIpc) is 2.72. The van der Waals surface area contributed by atoms with Crippen molar-refractivity contribution in [2.24, 2.45) is 0 Å². The molecule has 0 aliphatic rings. The fraction of sp³-hybridized carbons (Fsp3) is 0.105. The van der Waals surface area contributed by atoms with Crippen molar-refractivity contribution < 1.29 is 13.2 Å². The van der Waals surface area contributed by atoms with Gasteiger partial charge in [0.25, 0.3) is 0 Å². The summed E-state index contributed by atoms with van der Waals surface area (Å²) < 4.78 is 32.9. The monoisotopic (exact) mass is 380 g/mol. The van der Waals surface area contributed by atoms with Crippen LogP contribution in [0.15, 0.2) is 65.7 Å². The van der Waals surface area contributed by atoms with Crippen LogP contribution < -0.4 is 9.46 Å². The number of benzene rings is 1. The van der Waals surface area contributed by atoms with Crippen molar-refractivity contribution in [1.82, 2.24) is 14.7 Å². The third-order valence-corrected chi connectivity index (χ3v) is 5.21. The summed E-state index contributed by atoms with van der Waals surface area (Å²) in [6.07, 6.45) is 1.65. The Morgan fingerprint density at radius 1 is 1.11 bits per heavy atom. The number of nitriles is 1. The second-order valence-corrected chi connectivity index (χ2v) is 7.27. The Morgan fingerprint density at radius 2 is 1.89 bits per heavy atom. The van der Waals surface area contributed by atoms with Crippen molar-refractivity contribution in [1.29, 1.82) is 5.26 Å². The molecule has 0 spiro atoms. The van der Waals surface area contributed by atoms with Crippen molar-refractivity contribution in [3.8, 4) is 23.2 Å². The summed E-state index contributed by atoms with van der Waals surface area (Å²) in [7, 11) is -2.34. The van der Waals surface area contributed by atoms with Crippen LogP contribution in [-0.2, 0) is 16.6 Å². The topological polar surface area (TPSA) is 105 Å². The lowest BCUT2D eigenvalue weighted by Crippen LogP contribution is -2.24. The van der Waals surface area contributed by atoms with Gasteiger partial charge in [0.2, 0.25) is 10.0 Å². The molecule has 1 aromatic carbocycles. The molecule has 1 N–H and O–H groups in total. The molecule has 136 valence electrons. The molecule has 0 radical (unpaired) electrons. The van der Waals surface area contributed by atoms with Gasteiger partial charge in [-0.1, -0.05) is 18.2 Å². The van der Waals surface area contributed by atoms with Gasteiger partial charge >= 0.3 is 0 Å². The molecular weight excluding hydrogens is 364 g/mol. The van der Waals surface area contributed by atoms with Crippen molar-refractivity contribution in [3.63, 3.8) is 0 Å². The molecule has 0 saturated carbocycles. The van der Waals surface area contributed by atoms with E-state index in [0.29, 0.717) is 22.8 Å².